The molecule has 0 radical (unpaired) electrons. The maximum absolute atomic E-state index is 12.6. The van der Waals surface area contributed by atoms with Gasteiger partial charge in [0.15, 0.2) is 11.2 Å². The maximum Gasteiger partial charge on any atom is 0.416 e. The average molecular weight is 290 g/mol. The van der Waals surface area contributed by atoms with Crippen molar-refractivity contribution in [2.75, 3.05) is 0 Å². The number of hydrogen-bond donors (Lipinski definition) is 0. The minimum atomic E-state index is -4.36. The Morgan fingerprint density at radius 1 is 1.05 bits per heavy atom. The summed E-state index contributed by atoms with van der Waals surface area (Å²) in [5.41, 5.74) is 0.714. The second-order valence-corrected chi connectivity index (χ2v) is 4.33. The van der Waals surface area contributed by atoms with Gasteiger partial charge in [0.05, 0.1) is 5.56 Å². The molecular formula is C15H9F3N2O. The molecule has 0 amide bonds. The molecule has 0 spiro atoms. The fraction of sp³-hybridized carbons (Fsp3) is 0.0667. The molecule has 3 aromatic rings. The van der Waals surface area contributed by atoms with Crippen LogP contribution in [0.1, 0.15) is 17.0 Å². The van der Waals surface area contributed by atoms with Crippen LogP contribution >= 0.6 is 0 Å². The third kappa shape index (κ3) is 2.94. The smallest absolute Gasteiger partial charge is 0.416 e. The highest BCUT2D eigenvalue weighted by Crippen LogP contribution is 2.29. The lowest BCUT2D eigenvalue weighted by Gasteiger charge is -2.06. The molecule has 6 heteroatoms. The second kappa shape index (κ2) is 5.05. The van der Waals surface area contributed by atoms with Gasteiger partial charge in [-0.25, -0.2) is 4.98 Å². The summed E-state index contributed by atoms with van der Waals surface area (Å²) in [7, 11) is 0. The van der Waals surface area contributed by atoms with E-state index in [0.717, 1.165) is 12.1 Å². The second-order valence-electron chi connectivity index (χ2n) is 4.33. The highest BCUT2D eigenvalue weighted by molar-refractivity contribution is 5.72. The summed E-state index contributed by atoms with van der Waals surface area (Å²) in [6.07, 6.45) is 0.258. The fourth-order valence-corrected chi connectivity index (χ4v) is 1.84. The van der Waals surface area contributed by atoms with E-state index < -0.39 is 11.7 Å². The molecule has 2 heterocycles. The summed E-state index contributed by atoms with van der Waals surface area (Å²) in [5.74, 6) is 0.293. The Bertz CT molecular complexity index is 773. The SMILES string of the molecule is FC(F)(F)c1cccc(C=Cc2nc3ncccc3o2)c1. The van der Waals surface area contributed by atoms with Crippen LogP contribution in [-0.2, 0) is 6.18 Å². The number of nitrogens with zero attached hydrogens (tertiary/aromatic N) is 2. The summed E-state index contributed by atoms with van der Waals surface area (Å²) in [6, 6.07) is 8.46. The largest absolute Gasteiger partial charge is 0.435 e. The monoisotopic (exact) mass is 290 g/mol. The standard InChI is InChI=1S/C15H9F3N2O/c16-15(17,18)11-4-1-3-10(9-11)6-7-13-20-14-12(21-13)5-2-8-19-14/h1-9H. The van der Waals surface area contributed by atoms with Gasteiger partial charge in [0.25, 0.3) is 0 Å². The van der Waals surface area contributed by atoms with Crippen molar-refractivity contribution in [1.29, 1.82) is 0 Å². The Balaban J connectivity index is 1.89. The van der Waals surface area contributed by atoms with E-state index >= 15 is 0 Å². The first-order valence-corrected chi connectivity index (χ1v) is 6.09. The van der Waals surface area contributed by atoms with E-state index in [9.17, 15) is 13.2 Å². The van der Waals surface area contributed by atoms with Gasteiger partial charge < -0.3 is 4.42 Å². The molecule has 21 heavy (non-hydrogen) atoms. The molecule has 0 atom stereocenters. The van der Waals surface area contributed by atoms with Gasteiger partial charge in [-0.3, -0.25) is 0 Å². The molecule has 106 valence electrons. The van der Waals surface area contributed by atoms with E-state index in [1.807, 2.05) is 0 Å². The van der Waals surface area contributed by atoms with Crippen molar-refractivity contribution in [3.63, 3.8) is 0 Å². The van der Waals surface area contributed by atoms with Crippen molar-refractivity contribution in [1.82, 2.24) is 9.97 Å². The Hall–Kier alpha value is -2.63. The molecule has 0 unspecified atom stereocenters. The van der Waals surface area contributed by atoms with Gasteiger partial charge in [-0.05, 0) is 35.9 Å². The first kappa shape index (κ1) is 13.4. The number of fused-ring (bicyclic) bond motifs is 1. The molecule has 2 aromatic heterocycles. The minimum Gasteiger partial charge on any atom is -0.435 e. The highest BCUT2D eigenvalue weighted by atomic mass is 19.4. The van der Waals surface area contributed by atoms with Crippen molar-refractivity contribution in [2.45, 2.75) is 6.18 Å². The van der Waals surface area contributed by atoms with Crippen LogP contribution in [-0.4, -0.2) is 9.97 Å². The molecule has 0 saturated carbocycles. The lowest BCUT2D eigenvalue weighted by atomic mass is 10.1. The van der Waals surface area contributed by atoms with E-state index in [0.29, 0.717) is 22.7 Å². The average Bonchev–Trinajstić information content (AvgIpc) is 2.87. The molecule has 0 aliphatic heterocycles. The molecule has 0 aliphatic rings. The van der Waals surface area contributed by atoms with Gasteiger partial charge in [0.1, 0.15) is 0 Å². The Labute approximate surface area is 117 Å². The zero-order valence-corrected chi connectivity index (χ0v) is 10.6. The number of halogens is 3. The van der Waals surface area contributed by atoms with Crippen LogP contribution < -0.4 is 0 Å². The summed E-state index contributed by atoms with van der Waals surface area (Å²) in [4.78, 5) is 8.13. The summed E-state index contributed by atoms with van der Waals surface area (Å²) in [5, 5.41) is 0. The molecule has 0 N–H and O–H groups in total. The number of hydrogen-bond acceptors (Lipinski definition) is 3. The van der Waals surface area contributed by atoms with Crippen LogP contribution in [0, 0.1) is 0 Å². The normalized spacial score (nSPS) is 12.3. The van der Waals surface area contributed by atoms with Crippen LogP contribution in [0.3, 0.4) is 0 Å². The van der Waals surface area contributed by atoms with Gasteiger partial charge in [0, 0.05) is 12.3 Å². The molecule has 3 rings (SSSR count). The van der Waals surface area contributed by atoms with Gasteiger partial charge in [0.2, 0.25) is 5.89 Å². The summed E-state index contributed by atoms with van der Waals surface area (Å²) >= 11 is 0. The minimum absolute atomic E-state index is 0.293. The van der Waals surface area contributed by atoms with Crippen molar-refractivity contribution >= 4 is 23.4 Å². The zero-order valence-electron chi connectivity index (χ0n) is 10.6. The van der Waals surface area contributed by atoms with Crippen LogP contribution in [0.2, 0.25) is 0 Å². The quantitative estimate of drug-likeness (QED) is 0.701. The molecular weight excluding hydrogens is 281 g/mol. The van der Waals surface area contributed by atoms with Crippen molar-refractivity contribution in [2.24, 2.45) is 0 Å². The summed E-state index contributed by atoms with van der Waals surface area (Å²) < 4.78 is 43.2. The number of oxazole rings is 1. The molecule has 0 fully saturated rings. The van der Waals surface area contributed by atoms with E-state index in [1.165, 1.54) is 18.2 Å². The number of alkyl halides is 3. The lowest BCUT2D eigenvalue weighted by molar-refractivity contribution is -0.137. The molecule has 1 aromatic carbocycles. The number of pyridine rings is 1. The van der Waals surface area contributed by atoms with Crippen LogP contribution in [0.15, 0.2) is 47.0 Å². The first-order chi connectivity index (χ1) is 10.0. The third-order valence-electron chi connectivity index (χ3n) is 2.81. The van der Waals surface area contributed by atoms with Gasteiger partial charge >= 0.3 is 6.18 Å². The van der Waals surface area contributed by atoms with Crippen LogP contribution in [0.4, 0.5) is 13.2 Å². The number of benzene rings is 1. The van der Waals surface area contributed by atoms with E-state index in [2.05, 4.69) is 9.97 Å². The van der Waals surface area contributed by atoms with Crippen molar-refractivity contribution in [3.05, 3.63) is 59.6 Å². The number of rotatable bonds is 2. The molecule has 0 aliphatic carbocycles. The number of aromatic nitrogens is 2. The highest BCUT2D eigenvalue weighted by Gasteiger charge is 2.30. The molecule has 0 saturated heterocycles. The van der Waals surface area contributed by atoms with Crippen LogP contribution in [0.25, 0.3) is 23.4 Å². The van der Waals surface area contributed by atoms with E-state index in [4.69, 9.17) is 4.42 Å². The van der Waals surface area contributed by atoms with Crippen molar-refractivity contribution in [3.8, 4) is 0 Å². The topological polar surface area (TPSA) is 38.9 Å². The Morgan fingerprint density at radius 3 is 2.67 bits per heavy atom. The Kier molecular flexibility index (Phi) is 3.21. The predicted octanol–water partition coefficient (Wildman–Crippen LogP) is 4.41. The first-order valence-electron chi connectivity index (χ1n) is 6.09. The summed E-state index contributed by atoms with van der Waals surface area (Å²) in [6.45, 7) is 0. The van der Waals surface area contributed by atoms with Gasteiger partial charge in [-0.15, -0.1) is 0 Å². The van der Waals surface area contributed by atoms with Crippen molar-refractivity contribution < 1.29 is 17.6 Å². The van der Waals surface area contributed by atoms with E-state index in [1.54, 1.807) is 24.4 Å². The third-order valence-corrected chi connectivity index (χ3v) is 2.81. The lowest BCUT2D eigenvalue weighted by Crippen LogP contribution is -2.04. The predicted molar refractivity (Wildman–Crippen MR) is 72.2 cm³/mol. The maximum atomic E-state index is 12.6. The van der Waals surface area contributed by atoms with E-state index in [-0.39, 0.29) is 0 Å². The zero-order chi connectivity index (χ0) is 14.9. The van der Waals surface area contributed by atoms with Crippen LogP contribution in [0.5, 0.6) is 0 Å². The fourth-order valence-electron chi connectivity index (χ4n) is 1.84. The van der Waals surface area contributed by atoms with Gasteiger partial charge in [-0.1, -0.05) is 12.1 Å². The molecule has 0 bridgehead atoms. The van der Waals surface area contributed by atoms with Gasteiger partial charge in [-0.2, -0.15) is 18.2 Å². The molecule has 3 nitrogen and oxygen atoms in total. The Morgan fingerprint density at radius 2 is 1.90 bits per heavy atom.